The van der Waals surface area contributed by atoms with Crippen molar-refractivity contribution in [3.63, 3.8) is 0 Å². The van der Waals surface area contributed by atoms with Crippen molar-refractivity contribution in [2.24, 2.45) is 5.92 Å². The van der Waals surface area contributed by atoms with Crippen LogP contribution >= 0.6 is 11.3 Å². The average molecular weight is 321 g/mol. The molecule has 0 saturated heterocycles. The number of hydrogen-bond acceptors (Lipinski definition) is 5. The summed E-state index contributed by atoms with van der Waals surface area (Å²) in [4.78, 5) is 28.6. The van der Waals surface area contributed by atoms with Crippen molar-refractivity contribution in [1.82, 2.24) is 10.3 Å². The van der Waals surface area contributed by atoms with Gasteiger partial charge in [-0.25, -0.2) is 4.98 Å². The van der Waals surface area contributed by atoms with Gasteiger partial charge in [-0.2, -0.15) is 0 Å². The highest BCUT2D eigenvalue weighted by molar-refractivity contribution is 7.13. The van der Waals surface area contributed by atoms with Gasteiger partial charge in [-0.05, 0) is 25.3 Å². The maximum Gasteiger partial charge on any atom is 0.255 e. The second-order valence-corrected chi connectivity index (χ2v) is 6.27. The van der Waals surface area contributed by atoms with E-state index in [4.69, 9.17) is 4.42 Å². The minimum Gasteiger partial charge on any atom is -0.469 e. The Hall–Kier alpha value is -2.15. The second kappa shape index (κ2) is 7.22. The fourth-order valence-electron chi connectivity index (χ4n) is 2.04. The van der Waals surface area contributed by atoms with Crippen LogP contribution in [0.3, 0.4) is 0 Å². The summed E-state index contributed by atoms with van der Waals surface area (Å²) >= 11 is 1.34. The highest BCUT2D eigenvalue weighted by atomic mass is 32.1. The van der Waals surface area contributed by atoms with E-state index in [1.807, 2.05) is 13.8 Å². The van der Waals surface area contributed by atoms with Crippen molar-refractivity contribution in [2.75, 3.05) is 5.32 Å². The molecule has 7 heteroatoms. The minimum atomic E-state index is -0.620. The van der Waals surface area contributed by atoms with Crippen LogP contribution in [0.15, 0.2) is 28.3 Å². The SMILES string of the molecule is Cc1occc1C(=O)NC(CC(C)C)C(=O)Nc1nccs1. The summed E-state index contributed by atoms with van der Waals surface area (Å²) < 4.78 is 5.12. The number of aromatic nitrogens is 1. The van der Waals surface area contributed by atoms with Gasteiger partial charge in [0.15, 0.2) is 5.13 Å². The Morgan fingerprint density at radius 3 is 2.73 bits per heavy atom. The molecule has 0 radical (unpaired) electrons. The van der Waals surface area contributed by atoms with Gasteiger partial charge in [-0.1, -0.05) is 13.8 Å². The highest BCUT2D eigenvalue weighted by Gasteiger charge is 2.24. The van der Waals surface area contributed by atoms with Crippen molar-refractivity contribution in [2.45, 2.75) is 33.2 Å². The third-order valence-electron chi connectivity index (χ3n) is 3.09. The summed E-state index contributed by atoms with van der Waals surface area (Å²) in [5.74, 6) is 0.211. The van der Waals surface area contributed by atoms with Gasteiger partial charge in [0.2, 0.25) is 5.91 Å². The molecule has 22 heavy (non-hydrogen) atoms. The van der Waals surface area contributed by atoms with E-state index in [2.05, 4.69) is 15.6 Å². The Morgan fingerprint density at radius 2 is 2.18 bits per heavy atom. The number of aryl methyl sites for hydroxylation is 1. The van der Waals surface area contributed by atoms with Crippen molar-refractivity contribution in [3.8, 4) is 0 Å². The lowest BCUT2D eigenvalue weighted by molar-refractivity contribution is -0.118. The second-order valence-electron chi connectivity index (χ2n) is 5.37. The Balaban J connectivity index is 2.07. The van der Waals surface area contributed by atoms with Crippen LogP contribution in [0.1, 0.15) is 36.4 Å². The van der Waals surface area contributed by atoms with Crippen LogP contribution in [0.5, 0.6) is 0 Å². The van der Waals surface area contributed by atoms with Crippen molar-refractivity contribution < 1.29 is 14.0 Å². The van der Waals surface area contributed by atoms with E-state index in [-0.39, 0.29) is 17.7 Å². The lowest BCUT2D eigenvalue weighted by Gasteiger charge is -2.19. The summed E-state index contributed by atoms with van der Waals surface area (Å²) in [7, 11) is 0. The van der Waals surface area contributed by atoms with Gasteiger partial charge in [0, 0.05) is 11.6 Å². The zero-order chi connectivity index (χ0) is 16.1. The zero-order valence-corrected chi connectivity index (χ0v) is 13.6. The normalized spacial score (nSPS) is 12.2. The summed E-state index contributed by atoms with van der Waals surface area (Å²) in [6.07, 6.45) is 3.61. The molecule has 0 spiro atoms. The number of nitrogens with one attached hydrogen (secondary N) is 2. The molecule has 2 aromatic heterocycles. The van der Waals surface area contributed by atoms with Gasteiger partial charge >= 0.3 is 0 Å². The number of thiazole rings is 1. The smallest absolute Gasteiger partial charge is 0.255 e. The molecule has 0 aliphatic heterocycles. The van der Waals surface area contributed by atoms with Gasteiger partial charge in [-0.3, -0.25) is 9.59 Å². The highest BCUT2D eigenvalue weighted by Crippen LogP contribution is 2.14. The predicted octanol–water partition coefficient (Wildman–Crippen LogP) is 2.83. The van der Waals surface area contributed by atoms with Crippen molar-refractivity contribution in [3.05, 3.63) is 35.2 Å². The van der Waals surface area contributed by atoms with E-state index in [1.54, 1.807) is 24.6 Å². The number of carbonyl (C=O) groups is 2. The molecule has 2 rings (SSSR count). The summed E-state index contributed by atoms with van der Waals surface area (Å²) in [6.45, 7) is 5.71. The molecular formula is C15H19N3O3S. The Bertz CT molecular complexity index is 634. The first-order valence-electron chi connectivity index (χ1n) is 7.02. The fourth-order valence-corrected chi connectivity index (χ4v) is 2.57. The molecular weight excluding hydrogens is 302 g/mol. The summed E-state index contributed by atoms with van der Waals surface area (Å²) in [6, 6.07) is 0.973. The monoisotopic (exact) mass is 321 g/mol. The number of amides is 2. The van der Waals surface area contributed by atoms with Crippen LogP contribution in [0, 0.1) is 12.8 Å². The Morgan fingerprint density at radius 1 is 1.41 bits per heavy atom. The zero-order valence-electron chi connectivity index (χ0n) is 12.8. The van der Waals surface area contributed by atoms with Gasteiger partial charge in [0.05, 0.1) is 11.8 Å². The van der Waals surface area contributed by atoms with E-state index < -0.39 is 6.04 Å². The molecule has 0 aromatic carbocycles. The fraction of sp³-hybridized carbons (Fsp3) is 0.400. The molecule has 0 aliphatic rings. The first-order chi connectivity index (χ1) is 10.5. The number of nitrogens with zero attached hydrogens (tertiary/aromatic N) is 1. The van der Waals surface area contributed by atoms with Gasteiger partial charge in [0.25, 0.3) is 5.91 Å². The quantitative estimate of drug-likeness (QED) is 0.857. The van der Waals surface area contributed by atoms with E-state index in [0.29, 0.717) is 22.9 Å². The van der Waals surface area contributed by atoms with Crippen molar-refractivity contribution in [1.29, 1.82) is 0 Å². The first kappa shape index (κ1) is 16.2. The molecule has 2 N–H and O–H groups in total. The molecule has 0 saturated carbocycles. The Labute approximate surface area is 132 Å². The average Bonchev–Trinajstić information content (AvgIpc) is 3.08. The summed E-state index contributed by atoms with van der Waals surface area (Å²) in [5, 5.41) is 7.79. The molecule has 118 valence electrons. The maximum atomic E-state index is 12.4. The molecule has 0 aliphatic carbocycles. The van der Waals surface area contributed by atoms with E-state index in [1.165, 1.54) is 17.6 Å². The van der Waals surface area contributed by atoms with E-state index in [0.717, 1.165) is 0 Å². The van der Waals surface area contributed by atoms with Crippen LogP contribution in [-0.2, 0) is 4.79 Å². The topological polar surface area (TPSA) is 84.2 Å². The summed E-state index contributed by atoms with van der Waals surface area (Å²) in [5.41, 5.74) is 0.441. The molecule has 0 fully saturated rings. The standard InChI is InChI=1S/C15H19N3O3S/c1-9(2)8-12(14(20)18-15-16-5-7-22-15)17-13(19)11-4-6-21-10(11)3/h4-7,9,12H,8H2,1-3H3,(H,17,19)(H,16,18,20). The van der Waals surface area contributed by atoms with Crippen LogP contribution in [0.25, 0.3) is 0 Å². The van der Waals surface area contributed by atoms with Crippen LogP contribution in [-0.4, -0.2) is 22.8 Å². The number of anilines is 1. The van der Waals surface area contributed by atoms with Gasteiger partial charge in [-0.15, -0.1) is 11.3 Å². The molecule has 2 heterocycles. The van der Waals surface area contributed by atoms with Gasteiger partial charge < -0.3 is 15.1 Å². The third-order valence-corrected chi connectivity index (χ3v) is 3.78. The lowest BCUT2D eigenvalue weighted by atomic mass is 10.0. The third kappa shape index (κ3) is 4.17. The van der Waals surface area contributed by atoms with E-state index in [9.17, 15) is 9.59 Å². The first-order valence-corrected chi connectivity index (χ1v) is 7.90. The number of rotatable bonds is 6. The van der Waals surface area contributed by atoms with Crippen LogP contribution < -0.4 is 10.6 Å². The minimum absolute atomic E-state index is 0.262. The molecule has 1 atom stereocenters. The Kier molecular flexibility index (Phi) is 5.32. The molecule has 0 bridgehead atoms. The number of furan rings is 1. The van der Waals surface area contributed by atoms with Gasteiger partial charge in [0.1, 0.15) is 11.8 Å². The molecule has 2 amide bonds. The molecule has 1 unspecified atom stereocenters. The van der Waals surface area contributed by atoms with E-state index >= 15 is 0 Å². The van der Waals surface area contributed by atoms with Crippen molar-refractivity contribution >= 4 is 28.3 Å². The lowest BCUT2D eigenvalue weighted by Crippen LogP contribution is -2.44. The maximum absolute atomic E-state index is 12.4. The van der Waals surface area contributed by atoms with Crippen LogP contribution in [0.2, 0.25) is 0 Å². The van der Waals surface area contributed by atoms with Crippen LogP contribution in [0.4, 0.5) is 5.13 Å². The molecule has 2 aromatic rings. The largest absolute Gasteiger partial charge is 0.469 e. The predicted molar refractivity (Wildman–Crippen MR) is 84.9 cm³/mol. The number of hydrogen-bond donors (Lipinski definition) is 2. The number of carbonyl (C=O) groups excluding carboxylic acids is 2. The molecule has 6 nitrogen and oxygen atoms in total.